The van der Waals surface area contributed by atoms with Crippen molar-refractivity contribution in [2.24, 2.45) is 0 Å². The molecule has 1 heterocycles. The summed E-state index contributed by atoms with van der Waals surface area (Å²) in [6.45, 7) is 1.58. The maximum Gasteiger partial charge on any atom is 0.353 e. The van der Waals surface area contributed by atoms with E-state index in [1.54, 1.807) is 7.11 Å². The van der Waals surface area contributed by atoms with Crippen molar-refractivity contribution in [1.29, 1.82) is 0 Å². The third-order valence-corrected chi connectivity index (χ3v) is 1.77. The van der Waals surface area contributed by atoms with Gasteiger partial charge in [0, 0.05) is 13.5 Å². The molecule has 0 aliphatic carbocycles. The van der Waals surface area contributed by atoms with Crippen molar-refractivity contribution in [2.45, 2.75) is 6.42 Å². The zero-order valence-corrected chi connectivity index (χ0v) is 8.52. The molecule has 1 rings (SSSR count). The van der Waals surface area contributed by atoms with E-state index in [9.17, 15) is 4.79 Å². The first-order valence-electron chi connectivity index (χ1n) is 4.58. The number of carboxylic acid groups (broad SMARTS) is 1. The summed E-state index contributed by atoms with van der Waals surface area (Å²) in [6.07, 6.45) is 1.86. The van der Waals surface area contributed by atoms with Crippen molar-refractivity contribution >= 4 is 5.97 Å². The first-order chi connectivity index (χ1) is 7.24. The van der Waals surface area contributed by atoms with E-state index < -0.39 is 5.97 Å². The normalized spacial score (nSPS) is 10.5. The van der Waals surface area contributed by atoms with Gasteiger partial charge in [-0.05, 0) is 0 Å². The summed E-state index contributed by atoms with van der Waals surface area (Å²) in [7, 11) is 1.61. The highest BCUT2D eigenvalue weighted by atomic mass is 16.5. The van der Waals surface area contributed by atoms with Gasteiger partial charge in [0.15, 0.2) is 0 Å². The lowest BCUT2D eigenvalue weighted by atomic mass is 10.4. The molecule has 0 unspecified atom stereocenters. The molecule has 0 bridgehead atoms. The minimum absolute atomic E-state index is 0.0990. The molecule has 0 saturated heterocycles. The van der Waals surface area contributed by atoms with Gasteiger partial charge in [0.2, 0.25) is 0 Å². The highest BCUT2D eigenvalue weighted by molar-refractivity contribution is 5.84. The number of hydrogen-bond acceptors (Lipinski definition) is 4. The number of imidazole rings is 1. The SMILES string of the molecule is COCCOCCc1ncc(C(=O)O)[nH]1. The number of carboxylic acids is 1. The van der Waals surface area contributed by atoms with Crippen molar-refractivity contribution in [3.05, 3.63) is 17.7 Å². The number of H-pyrrole nitrogens is 1. The van der Waals surface area contributed by atoms with Gasteiger partial charge in [-0.1, -0.05) is 0 Å². The lowest BCUT2D eigenvalue weighted by molar-refractivity contribution is 0.0688. The maximum absolute atomic E-state index is 10.5. The average molecular weight is 214 g/mol. The summed E-state index contributed by atoms with van der Waals surface area (Å²) in [6, 6.07) is 0. The second-order valence-electron chi connectivity index (χ2n) is 2.90. The molecular weight excluding hydrogens is 200 g/mol. The summed E-state index contributed by atoms with van der Waals surface area (Å²) in [5.74, 6) is -0.390. The topological polar surface area (TPSA) is 84.4 Å². The maximum atomic E-state index is 10.5. The second kappa shape index (κ2) is 6.15. The number of rotatable bonds is 7. The highest BCUT2D eigenvalue weighted by Crippen LogP contribution is 1.98. The standard InChI is InChI=1S/C9H14N2O4/c1-14-4-5-15-3-2-8-10-6-7(11-8)9(12)13/h6H,2-5H2,1H3,(H,10,11)(H,12,13). The molecule has 1 aromatic heterocycles. The molecule has 0 radical (unpaired) electrons. The molecule has 0 amide bonds. The smallest absolute Gasteiger partial charge is 0.353 e. The first-order valence-corrected chi connectivity index (χ1v) is 4.58. The number of methoxy groups -OCH3 is 1. The molecule has 0 aliphatic rings. The largest absolute Gasteiger partial charge is 0.477 e. The Morgan fingerprint density at radius 2 is 2.33 bits per heavy atom. The molecular formula is C9H14N2O4. The van der Waals surface area contributed by atoms with E-state index in [1.165, 1.54) is 6.20 Å². The van der Waals surface area contributed by atoms with Crippen LogP contribution in [0.3, 0.4) is 0 Å². The van der Waals surface area contributed by atoms with Gasteiger partial charge in [0.25, 0.3) is 0 Å². The molecule has 84 valence electrons. The van der Waals surface area contributed by atoms with Crippen LogP contribution in [-0.4, -0.2) is 48.0 Å². The average Bonchev–Trinajstić information content (AvgIpc) is 2.66. The quantitative estimate of drug-likeness (QED) is 0.638. The van der Waals surface area contributed by atoms with Gasteiger partial charge in [-0.15, -0.1) is 0 Å². The van der Waals surface area contributed by atoms with Crippen LogP contribution in [0.5, 0.6) is 0 Å². The fraction of sp³-hybridized carbons (Fsp3) is 0.556. The number of nitrogens with zero attached hydrogens (tertiary/aromatic N) is 1. The fourth-order valence-corrected chi connectivity index (χ4v) is 1.01. The number of carbonyl (C=O) groups is 1. The van der Waals surface area contributed by atoms with Crippen LogP contribution < -0.4 is 0 Å². The Balaban J connectivity index is 2.23. The summed E-state index contributed by atoms with van der Waals surface area (Å²) in [4.78, 5) is 17.1. The van der Waals surface area contributed by atoms with Crippen LogP contribution in [0.15, 0.2) is 6.20 Å². The number of aromatic nitrogens is 2. The van der Waals surface area contributed by atoms with Gasteiger partial charge < -0.3 is 19.6 Å². The van der Waals surface area contributed by atoms with Crippen LogP contribution in [0.25, 0.3) is 0 Å². The van der Waals surface area contributed by atoms with Crippen molar-refractivity contribution in [3.8, 4) is 0 Å². The van der Waals surface area contributed by atoms with Crippen molar-refractivity contribution < 1.29 is 19.4 Å². The third-order valence-electron chi connectivity index (χ3n) is 1.77. The van der Waals surface area contributed by atoms with Crippen LogP contribution >= 0.6 is 0 Å². The number of ether oxygens (including phenoxy) is 2. The zero-order chi connectivity index (χ0) is 11.1. The molecule has 0 atom stereocenters. The van der Waals surface area contributed by atoms with Crippen molar-refractivity contribution in [3.63, 3.8) is 0 Å². The van der Waals surface area contributed by atoms with E-state index in [0.29, 0.717) is 32.1 Å². The molecule has 15 heavy (non-hydrogen) atoms. The van der Waals surface area contributed by atoms with Crippen LogP contribution in [0.1, 0.15) is 16.3 Å². The molecule has 0 fully saturated rings. The number of nitrogens with one attached hydrogen (secondary N) is 1. The van der Waals surface area contributed by atoms with Gasteiger partial charge in [0.1, 0.15) is 11.5 Å². The second-order valence-corrected chi connectivity index (χ2v) is 2.90. The lowest BCUT2D eigenvalue weighted by Crippen LogP contribution is -2.06. The molecule has 1 aromatic rings. The van der Waals surface area contributed by atoms with Gasteiger partial charge in [-0.25, -0.2) is 9.78 Å². The van der Waals surface area contributed by atoms with Gasteiger partial charge in [0.05, 0.1) is 26.0 Å². The number of aromatic carboxylic acids is 1. The van der Waals surface area contributed by atoms with Gasteiger partial charge in [-0.3, -0.25) is 0 Å². The highest BCUT2D eigenvalue weighted by Gasteiger charge is 2.06. The Kier molecular flexibility index (Phi) is 4.79. The van der Waals surface area contributed by atoms with Crippen LogP contribution in [-0.2, 0) is 15.9 Å². The van der Waals surface area contributed by atoms with E-state index in [0.717, 1.165) is 0 Å². The minimum atomic E-state index is -1.01. The number of aromatic amines is 1. The third kappa shape index (κ3) is 4.09. The first kappa shape index (κ1) is 11.7. The lowest BCUT2D eigenvalue weighted by Gasteiger charge is -2.01. The Morgan fingerprint density at radius 1 is 1.53 bits per heavy atom. The predicted octanol–water partition coefficient (Wildman–Crippen LogP) is 0.313. The van der Waals surface area contributed by atoms with Crippen molar-refractivity contribution in [2.75, 3.05) is 26.9 Å². The molecule has 0 spiro atoms. The molecule has 6 nitrogen and oxygen atoms in total. The zero-order valence-electron chi connectivity index (χ0n) is 8.52. The summed E-state index contributed by atoms with van der Waals surface area (Å²) < 4.78 is 10.0. The Labute approximate surface area is 87.2 Å². The van der Waals surface area contributed by atoms with E-state index in [2.05, 4.69) is 9.97 Å². The molecule has 0 aliphatic heterocycles. The van der Waals surface area contributed by atoms with Gasteiger partial charge in [-0.2, -0.15) is 0 Å². The Morgan fingerprint density at radius 3 is 2.93 bits per heavy atom. The molecule has 0 saturated carbocycles. The van der Waals surface area contributed by atoms with Crippen molar-refractivity contribution in [1.82, 2.24) is 9.97 Å². The molecule has 6 heteroatoms. The van der Waals surface area contributed by atoms with E-state index in [1.807, 2.05) is 0 Å². The predicted molar refractivity (Wildman–Crippen MR) is 51.9 cm³/mol. The monoisotopic (exact) mass is 214 g/mol. The number of hydrogen-bond donors (Lipinski definition) is 2. The Bertz CT molecular complexity index is 311. The summed E-state index contributed by atoms with van der Waals surface area (Å²) in [5, 5.41) is 8.62. The Hall–Kier alpha value is -1.40. The van der Waals surface area contributed by atoms with Crippen LogP contribution in [0, 0.1) is 0 Å². The minimum Gasteiger partial charge on any atom is -0.477 e. The van der Waals surface area contributed by atoms with Crippen LogP contribution in [0.4, 0.5) is 0 Å². The van der Waals surface area contributed by atoms with E-state index in [-0.39, 0.29) is 5.69 Å². The molecule has 0 aromatic carbocycles. The van der Waals surface area contributed by atoms with Crippen LogP contribution in [0.2, 0.25) is 0 Å². The van der Waals surface area contributed by atoms with Gasteiger partial charge >= 0.3 is 5.97 Å². The van der Waals surface area contributed by atoms with E-state index in [4.69, 9.17) is 14.6 Å². The van der Waals surface area contributed by atoms with E-state index >= 15 is 0 Å². The fourth-order valence-electron chi connectivity index (χ4n) is 1.01. The summed E-state index contributed by atoms with van der Waals surface area (Å²) in [5.41, 5.74) is 0.0990. The summed E-state index contributed by atoms with van der Waals surface area (Å²) >= 11 is 0. The molecule has 2 N–H and O–H groups in total.